The van der Waals surface area contributed by atoms with Crippen molar-refractivity contribution in [3.05, 3.63) is 71.7 Å². The highest BCUT2D eigenvalue weighted by atomic mass is 32.1. The molecule has 0 radical (unpaired) electrons. The number of carbonyl (C=O) groups is 3. The number of carbonyl (C=O) groups excluding carboxylic acids is 3. The third kappa shape index (κ3) is 5.30. The molecule has 1 fully saturated rings. The van der Waals surface area contributed by atoms with Gasteiger partial charge in [0.05, 0.1) is 0 Å². The lowest BCUT2D eigenvalue weighted by molar-refractivity contribution is -0.135. The first-order chi connectivity index (χ1) is 15.6. The van der Waals surface area contributed by atoms with Gasteiger partial charge in [-0.05, 0) is 12.1 Å². The van der Waals surface area contributed by atoms with Gasteiger partial charge in [-0.15, -0.1) is 11.3 Å². The highest BCUT2D eigenvalue weighted by Gasteiger charge is 2.25. The Hall–Kier alpha value is -3.72. The SMILES string of the molecule is O=C(OCC(=O)N1CCN(C(=O)Nc2ccccc2)CC1)c1csc(-c2ccccc2)n1. The fourth-order valence-corrected chi connectivity index (χ4v) is 4.05. The fraction of sp³-hybridized carbons (Fsp3) is 0.217. The van der Waals surface area contributed by atoms with Gasteiger partial charge < -0.3 is 19.9 Å². The van der Waals surface area contributed by atoms with Gasteiger partial charge in [-0.1, -0.05) is 48.5 Å². The Labute approximate surface area is 189 Å². The van der Waals surface area contributed by atoms with Gasteiger partial charge in [0.2, 0.25) is 0 Å². The van der Waals surface area contributed by atoms with Crippen LogP contribution in [-0.2, 0) is 9.53 Å². The zero-order chi connectivity index (χ0) is 22.3. The van der Waals surface area contributed by atoms with E-state index < -0.39 is 5.97 Å². The van der Waals surface area contributed by atoms with Gasteiger partial charge in [-0.2, -0.15) is 0 Å². The van der Waals surface area contributed by atoms with E-state index in [0.29, 0.717) is 31.2 Å². The van der Waals surface area contributed by atoms with Gasteiger partial charge >= 0.3 is 12.0 Å². The molecule has 4 rings (SSSR count). The number of esters is 1. The van der Waals surface area contributed by atoms with E-state index in [1.54, 1.807) is 15.2 Å². The minimum Gasteiger partial charge on any atom is -0.451 e. The zero-order valence-corrected chi connectivity index (χ0v) is 18.1. The molecule has 0 saturated carbocycles. The van der Waals surface area contributed by atoms with E-state index in [9.17, 15) is 14.4 Å². The average Bonchev–Trinajstić information content (AvgIpc) is 3.34. The molecular weight excluding hydrogens is 428 g/mol. The van der Waals surface area contributed by atoms with Gasteiger partial charge in [0.15, 0.2) is 12.3 Å². The van der Waals surface area contributed by atoms with Crippen molar-refractivity contribution in [1.82, 2.24) is 14.8 Å². The number of aromatic nitrogens is 1. The van der Waals surface area contributed by atoms with Crippen LogP contribution in [0.1, 0.15) is 10.5 Å². The van der Waals surface area contributed by atoms with E-state index in [0.717, 1.165) is 11.3 Å². The highest BCUT2D eigenvalue weighted by molar-refractivity contribution is 7.13. The quantitative estimate of drug-likeness (QED) is 0.602. The van der Waals surface area contributed by atoms with Gasteiger partial charge in [0, 0.05) is 42.8 Å². The Morgan fingerprint density at radius 2 is 1.53 bits per heavy atom. The summed E-state index contributed by atoms with van der Waals surface area (Å²) >= 11 is 1.35. The van der Waals surface area contributed by atoms with Crippen LogP contribution < -0.4 is 5.32 Å². The molecule has 0 unspecified atom stereocenters. The minimum absolute atomic E-state index is 0.184. The summed E-state index contributed by atoms with van der Waals surface area (Å²) in [6.07, 6.45) is 0. The predicted molar refractivity (Wildman–Crippen MR) is 121 cm³/mol. The summed E-state index contributed by atoms with van der Waals surface area (Å²) in [7, 11) is 0. The summed E-state index contributed by atoms with van der Waals surface area (Å²) in [4.78, 5) is 44.6. The van der Waals surface area contributed by atoms with Crippen LogP contribution in [0.25, 0.3) is 10.6 Å². The molecule has 164 valence electrons. The first kappa shape index (κ1) is 21.5. The van der Waals surface area contributed by atoms with Crippen LogP contribution in [0, 0.1) is 0 Å². The summed E-state index contributed by atoms with van der Waals surface area (Å²) in [5, 5.41) is 5.18. The van der Waals surface area contributed by atoms with Crippen molar-refractivity contribution in [1.29, 1.82) is 0 Å². The lowest BCUT2D eigenvalue weighted by Crippen LogP contribution is -2.52. The maximum absolute atomic E-state index is 12.4. The van der Waals surface area contributed by atoms with Crippen LogP contribution in [0.15, 0.2) is 66.0 Å². The van der Waals surface area contributed by atoms with E-state index in [1.807, 2.05) is 60.7 Å². The Kier molecular flexibility index (Phi) is 6.76. The number of hydrogen-bond donors (Lipinski definition) is 1. The predicted octanol–water partition coefficient (Wildman–Crippen LogP) is 3.34. The summed E-state index contributed by atoms with van der Waals surface area (Å²) in [6.45, 7) is 1.23. The first-order valence-electron chi connectivity index (χ1n) is 10.2. The van der Waals surface area contributed by atoms with E-state index >= 15 is 0 Å². The van der Waals surface area contributed by atoms with Crippen molar-refractivity contribution in [2.24, 2.45) is 0 Å². The van der Waals surface area contributed by atoms with Crippen LogP contribution in [-0.4, -0.2) is 65.5 Å². The number of ether oxygens (including phenoxy) is 1. The van der Waals surface area contributed by atoms with Crippen molar-refractivity contribution in [3.8, 4) is 10.6 Å². The number of amides is 3. The third-order valence-corrected chi connectivity index (χ3v) is 5.90. The molecule has 1 aliphatic heterocycles. The molecule has 1 aliphatic rings. The number of nitrogens with one attached hydrogen (secondary N) is 1. The molecule has 0 spiro atoms. The van der Waals surface area contributed by atoms with Crippen molar-refractivity contribution >= 4 is 34.9 Å². The Morgan fingerprint density at radius 3 is 2.22 bits per heavy atom. The number of hydrogen-bond acceptors (Lipinski definition) is 6. The lowest BCUT2D eigenvalue weighted by atomic mass is 10.2. The monoisotopic (exact) mass is 450 g/mol. The van der Waals surface area contributed by atoms with Crippen LogP contribution >= 0.6 is 11.3 Å². The van der Waals surface area contributed by atoms with Crippen LogP contribution in [0.4, 0.5) is 10.5 Å². The Morgan fingerprint density at radius 1 is 0.906 bits per heavy atom. The first-order valence-corrected chi connectivity index (χ1v) is 11.0. The summed E-state index contributed by atoms with van der Waals surface area (Å²) in [6, 6.07) is 18.5. The van der Waals surface area contributed by atoms with Crippen molar-refractivity contribution in [2.45, 2.75) is 0 Å². The van der Waals surface area contributed by atoms with Gasteiger partial charge in [0.1, 0.15) is 5.01 Å². The van der Waals surface area contributed by atoms with Crippen LogP contribution in [0.3, 0.4) is 0 Å². The average molecular weight is 451 g/mol. The molecule has 0 atom stereocenters. The molecule has 0 aliphatic carbocycles. The number of benzene rings is 2. The number of urea groups is 1. The third-order valence-electron chi connectivity index (χ3n) is 5.01. The van der Waals surface area contributed by atoms with E-state index in [-0.39, 0.29) is 24.2 Å². The minimum atomic E-state index is -0.627. The van der Waals surface area contributed by atoms with Gasteiger partial charge in [-0.25, -0.2) is 14.6 Å². The largest absolute Gasteiger partial charge is 0.451 e. The molecule has 1 saturated heterocycles. The number of nitrogens with zero attached hydrogens (tertiary/aromatic N) is 3. The molecule has 3 amide bonds. The smallest absolute Gasteiger partial charge is 0.358 e. The molecule has 9 heteroatoms. The van der Waals surface area contributed by atoms with Gasteiger partial charge in [0.25, 0.3) is 5.91 Å². The number of para-hydroxylation sites is 1. The van der Waals surface area contributed by atoms with E-state index in [1.165, 1.54) is 11.3 Å². The molecule has 0 bridgehead atoms. The maximum Gasteiger partial charge on any atom is 0.358 e. The summed E-state index contributed by atoms with van der Waals surface area (Å²) in [5.41, 5.74) is 1.83. The number of anilines is 1. The van der Waals surface area contributed by atoms with Crippen molar-refractivity contribution in [2.75, 3.05) is 38.1 Å². The fourth-order valence-electron chi connectivity index (χ4n) is 3.26. The second-order valence-corrected chi connectivity index (χ2v) is 8.00. The van der Waals surface area contributed by atoms with Gasteiger partial charge in [-0.3, -0.25) is 4.79 Å². The molecule has 1 N–H and O–H groups in total. The molecule has 2 aromatic carbocycles. The topological polar surface area (TPSA) is 91.8 Å². The lowest BCUT2D eigenvalue weighted by Gasteiger charge is -2.34. The Balaban J connectivity index is 1.23. The zero-order valence-electron chi connectivity index (χ0n) is 17.3. The van der Waals surface area contributed by atoms with Crippen molar-refractivity contribution < 1.29 is 19.1 Å². The molecule has 1 aromatic heterocycles. The molecular formula is C23H22N4O4S. The number of thiazole rings is 1. The van der Waals surface area contributed by atoms with Crippen molar-refractivity contribution in [3.63, 3.8) is 0 Å². The molecule has 2 heterocycles. The summed E-state index contributed by atoms with van der Waals surface area (Å²) < 4.78 is 5.17. The molecule has 8 nitrogen and oxygen atoms in total. The molecule has 32 heavy (non-hydrogen) atoms. The second-order valence-electron chi connectivity index (χ2n) is 7.14. The number of rotatable bonds is 5. The summed E-state index contributed by atoms with van der Waals surface area (Å²) in [5.74, 6) is -0.919. The van der Waals surface area contributed by atoms with Crippen LogP contribution in [0.2, 0.25) is 0 Å². The highest BCUT2D eigenvalue weighted by Crippen LogP contribution is 2.23. The normalized spacial score (nSPS) is 13.5. The van der Waals surface area contributed by atoms with E-state index in [2.05, 4.69) is 10.3 Å². The van der Waals surface area contributed by atoms with E-state index in [4.69, 9.17) is 4.74 Å². The second kappa shape index (κ2) is 10.1. The number of piperazine rings is 1. The van der Waals surface area contributed by atoms with Crippen LogP contribution in [0.5, 0.6) is 0 Å². The Bertz CT molecular complexity index is 1080. The molecule has 3 aromatic rings. The maximum atomic E-state index is 12.4. The standard InChI is InChI=1S/C23H22N4O4S/c28-20(15-31-22(29)19-16-32-21(25-19)17-7-3-1-4-8-17)26-11-13-27(14-12-26)23(30)24-18-9-5-2-6-10-18/h1-10,16H,11-15H2,(H,24,30).